The monoisotopic (exact) mass is 804 g/mol. The number of hydrogen-bond donors (Lipinski definition) is 11. The molecule has 0 spiro atoms. The molecule has 5 aromatic rings. The Morgan fingerprint density at radius 1 is 0.603 bits per heavy atom. The SMILES string of the molecule is COc1cc([C@H]2Oc3cc(O)cc(O)c3[C@H](c3c(OC)cc(O)c4c3O[C@H](c3cc(O)c(O)c(O)c3)[C@H](OC(=O)c3cc(O)c(OC)c(O)c3)C4)[C@H]2O)cc(O)c1O. The van der Waals surface area contributed by atoms with Crippen LogP contribution in [0.15, 0.2) is 54.6 Å². The number of methoxy groups -OCH3 is 3. The van der Waals surface area contributed by atoms with Crippen LogP contribution in [0, 0.1) is 0 Å². The van der Waals surface area contributed by atoms with E-state index in [9.17, 15) is 61.0 Å². The lowest BCUT2D eigenvalue weighted by atomic mass is 9.77. The summed E-state index contributed by atoms with van der Waals surface area (Å²) in [4.78, 5) is 13.6. The van der Waals surface area contributed by atoms with Crippen molar-refractivity contribution in [3.63, 3.8) is 0 Å². The smallest absolute Gasteiger partial charge is 0.338 e. The first-order valence-corrected chi connectivity index (χ1v) is 17.2. The van der Waals surface area contributed by atoms with Gasteiger partial charge in [-0.05, 0) is 36.4 Å². The van der Waals surface area contributed by atoms with Crippen LogP contribution < -0.4 is 23.7 Å². The van der Waals surface area contributed by atoms with Crippen LogP contribution in [0.25, 0.3) is 0 Å². The summed E-state index contributed by atoms with van der Waals surface area (Å²) in [6, 6.07) is 9.71. The van der Waals surface area contributed by atoms with Crippen LogP contribution in [0.3, 0.4) is 0 Å². The molecule has 0 saturated heterocycles. The Morgan fingerprint density at radius 3 is 1.81 bits per heavy atom. The van der Waals surface area contributed by atoms with E-state index in [2.05, 4.69) is 0 Å². The van der Waals surface area contributed by atoms with Crippen LogP contribution in [0.2, 0.25) is 0 Å². The molecule has 2 aliphatic rings. The second-order valence-electron chi connectivity index (χ2n) is 13.4. The molecule has 0 fully saturated rings. The van der Waals surface area contributed by atoms with Crippen LogP contribution in [-0.4, -0.2) is 95.7 Å². The van der Waals surface area contributed by atoms with E-state index in [0.29, 0.717) is 0 Å². The standard InChI is InChI=1S/C40H36O18/c1-53-26-13-19(42)18-12-29(57-40(52)16-7-24(47)39(55-3)25(48)8-16)36(14-4-21(44)33(49)22(45)5-14)58-38(18)31(26)32-30-20(43)10-17(41)11-27(30)56-37(35(32)51)15-6-23(46)34(50)28(9-15)54-2/h4-11,13,29,32,35-37,41-51H,12H2,1-3H3/t29-,32-,35-,36-,37-/m1/s1. The van der Waals surface area contributed by atoms with Crippen LogP contribution in [-0.2, 0) is 11.2 Å². The third kappa shape index (κ3) is 6.43. The van der Waals surface area contributed by atoms with E-state index in [1.807, 2.05) is 0 Å². The molecule has 11 N–H and O–H groups in total. The van der Waals surface area contributed by atoms with Crippen molar-refractivity contribution >= 4 is 5.97 Å². The number of esters is 1. The Hall–Kier alpha value is -7.47. The molecule has 0 bridgehead atoms. The second kappa shape index (κ2) is 14.6. The van der Waals surface area contributed by atoms with Crippen LogP contribution in [0.4, 0.5) is 0 Å². The van der Waals surface area contributed by atoms with Gasteiger partial charge in [-0.15, -0.1) is 0 Å². The zero-order valence-electron chi connectivity index (χ0n) is 30.6. The van der Waals surface area contributed by atoms with Gasteiger partial charge in [0.2, 0.25) is 11.5 Å². The molecule has 5 aromatic carbocycles. The molecule has 2 aliphatic heterocycles. The Kier molecular flexibility index (Phi) is 9.73. The molecule has 0 unspecified atom stereocenters. The zero-order chi connectivity index (χ0) is 41.9. The highest BCUT2D eigenvalue weighted by Crippen LogP contribution is 2.58. The summed E-state index contributed by atoms with van der Waals surface area (Å²) in [6.07, 6.45) is -6.47. The first-order chi connectivity index (χ1) is 27.6. The number of carbonyl (C=O) groups excluding carboxylic acids is 1. The van der Waals surface area contributed by atoms with Gasteiger partial charge in [0.15, 0.2) is 52.5 Å². The van der Waals surface area contributed by atoms with Gasteiger partial charge in [0, 0.05) is 52.4 Å². The van der Waals surface area contributed by atoms with Crippen molar-refractivity contribution < 1.29 is 89.4 Å². The number of fused-ring (bicyclic) bond motifs is 2. The summed E-state index contributed by atoms with van der Waals surface area (Å²) in [5.74, 6) is -9.77. The molecule has 0 radical (unpaired) electrons. The molecular formula is C40H36O18. The van der Waals surface area contributed by atoms with Crippen molar-refractivity contribution in [1.82, 2.24) is 0 Å². The van der Waals surface area contributed by atoms with E-state index in [-0.39, 0.29) is 68.5 Å². The van der Waals surface area contributed by atoms with E-state index in [0.717, 1.165) is 42.5 Å². The molecule has 5 atom stereocenters. The van der Waals surface area contributed by atoms with Gasteiger partial charge < -0.3 is 84.6 Å². The predicted molar refractivity (Wildman–Crippen MR) is 196 cm³/mol. The summed E-state index contributed by atoms with van der Waals surface area (Å²) >= 11 is 0. The van der Waals surface area contributed by atoms with E-state index >= 15 is 0 Å². The number of rotatable bonds is 8. The fourth-order valence-electron chi connectivity index (χ4n) is 7.37. The summed E-state index contributed by atoms with van der Waals surface area (Å²) in [5, 5.41) is 118. The van der Waals surface area contributed by atoms with E-state index in [1.165, 1.54) is 33.5 Å². The molecule has 18 nitrogen and oxygen atoms in total. The summed E-state index contributed by atoms with van der Waals surface area (Å²) in [5.41, 5.74) is -0.483. The second-order valence-corrected chi connectivity index (χ2v) is 13.4. The van der Waals surface area contributed by atoms with E-state index < -0.39 is 93.8 Å². The number of hydrogen-bond acceptors (Lipinski definition) is 18. The van der Waals surface area contributed by atoms with Crippen molar-refractivity contribution in [3.8, 4) is 86.2 Å². The Morgan fingerprint density at radius 2 is 1.21 bits per heavy atom. The van der Waals surface area contributed by atoms with Gasteiger partial charge in [-0.3, -0.25) is 0 Å². The molecule has 18 heteroatoms. The molecule has 304 valence electrons. The molecule has 2 heterocycles. The minimum Gasteiger partial charge on any atom is -0.508 e. The summed E-state index contributed by atoms with van der Waals surface area (Å²) < 4.78 is 34.3. The largest absolute Gasteiger partial charge is 0.508 e. The lowest BCUT2D eigenvalue weighted by Crippen LogP contribution is -2.38. The topological polar surface area (TPSA) is 295 Å². The number of benzene rings is 5. The van der Waals surface area contributed by atoms with Gasteiger partial charge in [0.05, 0.1) is 32.8 Å². The normalized spacial score (nSPS) is 19.5. The molecule has 58 heavy (non-hydrogen) atoms. The number of phenols is 10. The van der Waals surface area contributed by atoms with Crippen molar-refractivity contribution in [3.05, 3.63) is 88.0 Å². The average Bonchev–Trinajstić information content (AvgIpc) is 3.17. The Bertz CT molecular complexity index is 2420. The van der Waals surface area contributed by atoms with Gasteiger partial charge >= 0.3 is 5.97 Å². The molecule has 0 saturated carbocycles. The van der Waals surface area contributed by atoms with Crippen molar-refractivity contribution in [2.75, 3.05) is 21.3 Å². The fourth-order valence-corrected chi connectivity index (χ4v) is 7.37. The third-order valence-electron chi connectivity index (χ3n) is 10.00. The van der Waals surface area contributed by atoms with Gasteiger partial charge in [-0.1, -0.05) is 0 Å². The zero-order valence-corrected chi connectivity index (χ0v) is 30.6. The minimum absolute atomic E-state index is 0.0275. The van der Waals surface area contributed by atoms with Crippen LogP contribution in [0.1, 0.15) is 56.3 Å². The molecule has 7 rings (SSSR count). The number of carbonyl (C=O) groups is 1. The lowest BCUT2D eigenvalue weighted by Gasteiger charge is -2.41. The highest BCUT2D eigenvalue weighted by Gasteiger charge is 2.47. The maximum Gasteiger partial charge on any atom is 0.338 e. The van der Waals surface area contributed by atoms with Crippen molar-refractivity contribution in [2.24, 2.45) is 0 Å². The highest BCUT2D eigenvalue weighted by atomic mass is 16.6. The van der Waals surface area contributed by atoms with E-state index in [4.69, 9.17) is 28.4 Å². The van der Waals surface area contributed by atoms with Gasteiger partial charge in [0.1, 0.15) is 46.7 Å². The van der Waals surface area contributed by atoms with Crippen LogP contribution >= 0.6 is 0 Å². The van der Waals surface area contributed by atoms with Gasteiger partial charge in [0.25, 0.3) is 0 Å². The minimum atomic E-state index is -1.73. The number of aromatic hydroxyl groups is 10. The van der Waals surface area contributed by atoms with Crippen LogP contribution in [0.5, 0.6) is 86.2 Å². The third-order valence-corrected chi connectivity index (χ3v) is 10.00. The summed E-state index contributed by atoms with van der Waals surface area (Å²) in [6.45, 7) is 0. The van der Waals surface area contributed by atoms with Gasteiger partial charge in [-0.25, -0.2) is 4.79 Å². The lowest BCUT2D eigenvalue weighted by molar-refractivity contribution is -0.0211. The highest BCUT2D eigenvalue weighted by molar-refractivity contribution is 5.91. The first kappa shape index (κ1) is 38.8. The maximum atomic E-state index is 13.6. The first-order valence-electron chi connectivity index (χ1n) is 17.2. The molecule has 0 aliphatic carbocycles. The fraction of sp³-hybridized carbons (Fsp3) is 0.225. The number of aliphatic hydroxyl groups is 1. The van der Waals surface area contributed by atoms with Crippen molar-refractivity contribution in [2.45, 2.75) is 36.8 Å². The quantitative estimate of drug-likeness (QED) is 0.0770. The molecular weight excluding hydrogens is 768 g/mol. The Labute approximate surface area is 327 Å². The summed E-state index contributed by atoms with van der Waals surface area (Å²) in [7, 11) is 3.66. The predicted octanol–water partition coefficient (Wildman–Crippen LogP) is 4.30. The van der Waals surface area contributed by atoms with Crippen molar-refractivity contribution in [1.29, 1.82) is 0 Å². The maximum absolute atomic E-state index is 13.6. The van der Waals surface area contributed by atoms with E-state index in [1.54, 1.807) is 0 Å². The molecule has 0 aromatic heterocycles. The average molecular weight is 805 g/mol. The molecule has 0 amide bonds. The number of ether oxygens (including phenoxy) is 6. The van der Waals surface area contributed by atoms with Gasteiger partial charge in [-0.2, -0.15) is 0 Å². The number of phenolic OH excluding ortho intramolecular Hbond substituents is 10. The Balaban J connectivity index is 1.42. The number of aliphatic hydroxyl groups excluding tert-OH is 1.